The van der Waals surface area contributed by atoms with Crippen molar-refractivity contribution in [1.29, 1.82) is 0 Å². The first-order valence-electron chi connectivity index (χ1n) is 5.19. The minimum absolute atomic E-state index is 0.138. The molecule has 0 radical (unpaired) electrons. The van der Waals surface area contributed by atoms with Gasteiger partial charge in [0.25, 0.3) is 0 Å². The van der Waals surface area contributed by atoms with Gasteiger partial charge in [-0.1, -0.05) is 18.2 Å². The molecule has 0 heterocycles. The van der Waals surface area contributed by atoms with Crippen LogP contribution in [-0.2, 0) is 0 Å². The Labute approximate surface area is 86.0 Å². The molecule has 0 aromatic rings. The van der Waals surface area contributed by atoms with Crippen LogP contribution in [0.2, 0.25) is 0 Å². The molecule has 0 saturated carbocycles. The smallest absolute Gasteiger partial charge is 0.0782 e. The maximum atomic E-state index is 9.97. The molecule has 1 aliphatic rings. The van der Waals surface area contributed by atoms with Gasteiger partial charge in [0, 0.05) is 6.61 Å². The van der Waals surface area contributed by atoms with Gasteiger partial charge in [-0.25, -0.2) is 0 Å². The van der Waals surface area contributed by atoms with Gasteiger partial charge in [0.1, 0.15) is 0 Å². The molecule has 80 valence electrons. The monoisotopic (exact) mass is 196 g/mol. The van der Waals surface area contributed by atoms with Crippen molar-refractivity contribution in [3.63, 3.8) is 0 Å². The van der Waals surface area contributed by atoms with Gasteiger partial charge in [0.05, 0.1) is 6.10 Å². The van der Waals surface area contributed by atoms with Crippen LogP contribution in [0.15, 0.2) is 23.8 Å². The predicted molar refractivity (Wildman–Crippen MR) is 57.9 cm³/mol. The summed E-state index contributed by atoms with van der Waals surface area (Å²) >= 11 is 0. The Hall–Kier alpha value is -0.600. The molecular formula is C12H20O2. The first kappa shape index (κ1) is 11.5. The predicted octanol–water partition coefficient (Wildman–Crippen LogP) is 1.89. The van der Waals surface area contributed by atoms with Crippen LogP contribution in [0.3, 0.4) is 0 Å². The molecule has 0 aromatic carbocycles. The van der Waals surface area contributed by atoms with Gasteiger partial charge in [0.15, 0.2) is 0 Å². The Bertz CT molecular complexity index is 243. The van der Waals surface area contributed by atoms with E-state index in [0.717, 1.165) is 17.6 Å². The quantitative estimate of drug-likeness (QED) is 0.677. The lowest BCUT2D eigenvalue weighted by Gasteiger charge is -2.35. The summed E-state index contributed by atoms with van der Waals surface area (Å²) in [5.41, 5.74) is 2.13. The van der Waals surface area contributed by atoms with E-state index in [1.165, 1.54) is 0 Å². The second-order valence-corrected chi connectivity index (χ2v) is 4.26. The minimum Gasteiger partial charge on any atom is -0.396 e. The maximum absolute atomic E-state index is 9.97. The van der Waals surface area contributed by atoms with E-state index in [0.29, 0.717) is 12.3 Å². The molecule has 1 rings (SSSR count). The van der Waals surface area contributed by atoms with Crippen molar-refractivity contribution in [3.8, 4) is 0 Å². The van der Waals surface area contributed by atoms with Crippen LogP contribution >= 0.6 is 0 Å². The molecule has 14 heavy (non-hydrogen) atoms. The molecule has 3 unspecified atom stereocenters. The highest BCUT2D eigenvalue weighted by Crippen LogP contribution is 2.35. The normalized spacial score (nSPS) is 32.6. The van der Waals surface area contributed by atoms with Crippen LogP contribution in [0.25, 0.3) is 0 Å². The lowest BCUT2D eigenvalue weighted by atomic mass is 9.73. The van der Waals surface area contributed by atoms with Crippen LogP contribution in [0.5, 0.6) is 0 Å². The van der Waals surface area contributed by atoms with Crippen molar-refractivity contribution in [2.24, 2.45) is 11.8 Å². The van der Waals surface area contributed by atoms with E-state index < -0.39 is 6.10 Å². The molecule has 2 nitrogen and oxygen atoms in total. The lowest BCUT2D eigenvalue weighted by Crippen LogP contribution is -2.33. The van der Waals surface area contributed by atoms with Crippen molar-refractivity contribution < 1.29 is 10.2 Å². The highest BCUT2D eigenvalue weighted by Gasteiger charge is 2.31. The van der Waals surface area contributed by atoms with Gasteiger partial charge in [-0.15, -0.1) is 0 Å². The second-order valence-electron chi connectivity index (χ2n) is 4.26. The Morgan fingerprint density at radius 3 is 2.79 bits per heavy atom. The molecule has 3 atom stereocenters. The van der Waals surface area contributed by atoms with Crippen molar-refractivity contribution in [2.75, 3.05) is 6.61 Å². The number of aliphatic hydroxyl groups is 2. The number of hydrogen-bond acceptors (Lipinski definition) is 2. The van der Waals surface area contributed by atoms with Gasteiger partial charge >= 0.3 is 0 Å². The van der Waals surface area contributed by atoms with E-state index >= 15 is 0 Å². The Morgan fingerprint density at radius 2 is 2.29 bits per heavy atom. The molecule has 0 saturated heterocycles. The summed E-state index contributed by atoms with van der Waals surface area (Å²) < 4.78 is 0. The highest BCUT2D eigenvalue weighted by atomic mass is 16.3. The van der Waals surface area contributed by atoms with Gasteiger partial charge in [-0.05, 0) is 44.1 Å². The lowest BCUT2D eigenvalue weighted by molar-refractivity contribution is 0.0823. The highest BCUT2D eigenvalue weighted by molar-refractivity contribution is 5.17. The van der Waals surface area contributed by atoms with Crippen molar-refractivity contribution in [3.05, 3.63) is 23.8 Å². The Kier molecular flexibility index (Phi) is 3.90. The Morgan fingerprint density at radius 1 is 1.64 bits per heavy atom. The van der Waals surface area contributed by atoms with Crippen LogP contribution < -0.4 is 0 Å². The molecule has 0 bridgehead atoms. The van der Waals surface area contributed by atoms with Gasteiger partial charge in [0.2, 0.25) is 0 Å². The first-order valence-corrected chi connectivity index (χ1v) is 5.19. The van der Waals surface area contributed by atoms with E-state index in [1.807, 2.05) is 13.8 Å². The summed E-state index contributed by atoms with van der Waals surface area (Å²) in [6.45, 7) is 8.03. The number of allylic oxidation sites excluding steroid dienone is 2. The van der Waals surface area contributed by atoms with Gasteiger partial charge < -0.3 is 10.2 Å². The minimum atomic E-state index is -0.405. The zero-order chi connectivity index (χ0) is 10.7. The molecule has 0 amide bonds. The van der Waals surface area contributed by atoms with Gasteiger partial charge in [-0.3, -0.25) is 0 Å². The summed E-state index contributed by atoms with van der Waals surface area (Å²) in [6, 6.07) is 0. The molecule has 2 heteroatoms. The molecule has 0 fully saturated rings. The zero-order valence-corrected chi connectivity index (χ0v) is 9.03. The molecule has 0 spiro atoms. The number of hydrogen-bond donors (Lipinski definition) is 2. The van der Waals surface area contributed by atoms with Gasteiger partial charge in [-0.2, -0.15) is 0 Å². The Balaban J connectivity index is 2.81. The third-order valence-electron chi connectivity index (χ3n) is 3.18. The summed E-state index contributed by atoms with van der Waals surface area (Å²) in [5, 5.41) is 18.9. The fraction of sp³-hybridized carbons (Fsp3) is 0.667. The largest absolute Gasteiger partial charge is 0.396 e. The zero-order valence-electron chi connectivity index (χ0n) is 9.03. The van der Waals surface area contributed by atoms with Crippen molar-refractivity contribution >= 4 is 0 Å². The van der Waals surface area contributed by atoms with Crippen LogP contribution in [0.1, 0.15) is 26.7 Å². The third kappa shape index (κ3) is 2.25. The SMILES string of the molecule is C=C(C)C1CC=C(C)C(O)C1CCO. The van der Waals surface area contributed by atoms with E-state index in [-0.39, 0.29) is 12.5 Å². The van der Waals surface area contributed by atoms with E-state index in [9.17, 15) is 5.11 Å². The van der Waals surface area contributed by atoms with E-state index in [4.69, 9.17) is 5.11 Å². The van der Waals surface area contributed by atoms with Crippen molar-refractivity contribution in [2.45, 2.75) is 32.8 Å². The molecular weight excluding hydrogens is 176 g/mol. The van der Waals surface area contributed by atoms with Crippen LogP contribution in [0, 0.1) is 11.8 Å². The number of aliphatic hydroxyl groups excluding tert-OH is 2. The molecule has 1 aliphatic carbocycles. The summed E-state index contributed by atoms with van der Waals surface area (Å²) in [6.07, 6.45) is 3.28. The second kappa shape index (κ2) is 4.76. The fourth-order valence-electron chi connectivity index (χ4n) is 2.24. The first-order chi connectivity index (χ1) is 6.57. The third-order valence-corrected chi connectivity index (χ3v) is 3.18. The molecule has 2 N–H and O–H groups in total. The fourth-order valence-corrected chi connectivity index (χ4v) is 2.24. The van der Waals surface area contributed by atoms with Crippen LogP contribution in [0.4, 0.5) is 0 Å². The van der Waals surface area contributed by atoms with Crippen LogP contribution in [-0.4, -0.2) is 22.9 Å². The average molecular weight is 196 g/mol. The molecule has 0 aliphatic heterocycles. The van der Waals surface area contributed by atoms with E-state index in [2.05, 4.69) is 12.7 Å². The van der Waals surface area contributed by atoms with Crippen molar-refractivity contribution in [1.82, 2.24) is 0 Å². The summed E-state index contributed by atoms with van der Waals surface area (Å²) in [5.74, 6) is 0.461. The topological polar surface area (TPSA) is 40.5 Å². The molecule has 0 aromatic heterocycles. The standard InChI is InChI=1S/C12H20O2/c1-8(2)10-5-4-9(3)12(14)11(10)6-7-13/h4,10-14H,1,5-7H2,2-3H3. The number of rotatable bonds is 3. The summed E-state index contributed by atoms with van der Waals surface area (Å²) in [7, 11) is 0. The van der Waals surface area contributed by atoms with E-state index in [1.54, 1.807) is 0 Å². The summed E-state index contributed by atoms with van der Waals surface area (Å²) in [4.78, 5) is 0. The maximum Gasteiger partial charge on any atom is 0.0782 e. The average Bonchev–Trinajstić information content (AvgIpc) is 2.13.